The van der Waals surface area contributed by atoms with Gasteiger partial charge in [-0.1, -0.05) is 6.07 Å². The van der Waals surface area contributed by atoms with E-state index in [0.717, 1.165) is 42.0 Å². The molecular formula is C24H34N6O4. The Balaban J connectivity index is 1.56. The van der Waals surface area contributed by atoms with E-state index < -0.39 is 12.2 Å². The van der Waals surface area contributed by atoms with Crippen molar-refractivity contribution in [2.45, 2.75) is 57.8 Å². The SMILES string of the molecule is COC(=O)NCCCn1nc([C@@H](C)N(C(=O)[C@H]2CNCCO2)C2CC2)cc1-c1ccc(C)cn1. The van der Waals surface area contributed by atoms with Gasteiger partial charge in [-0.15, -0.1) is 0 Å². The van der Waals surface area contributed by atoms with E-state index >= 15 is 0 Å². The number of methoxy groups -OCH3 is 1. The van der Waals surface area contributed by atoms with Gasteiger partial charge in [-0.25, -0.2) is 4.79 Å². The standard InChI is InChI=1S/C24H34N6O4/c1-16-5-8-19(27-14-16)21-13-20(28-29(21)11-4-9-26-24(32)33-3)17(2)30(18-6-7-18)23(31)22-15-25-10-12-34-22/h5,8,13-14,17-18,22,25H,4,6-7,9-12,15H2,1-3H3,(H,26,32)/t17-,22-/m1/s1. The maximum Gasteiger partial charge on any atom is 0.406 e. The highest BCUT2D eigenvalue weighted by molar-refractivity contribution is 5.82. The fourth-order valence-corrected chi connectivity index (χ4v) is 4.20. The number of alkyl carbamates (subject to hydrolysis) is 1. The maximum atomic E-state index is 13.4. The molecule has 2 aliphatic rings. The molecule has 1 aliphatic carbocycles. The van der Waals surface area contributed by atoms with Gasteiger partial charge in [0.2, 0.25) is 0 Å². The first-order valence-electron chi connectivity index (χ1n) is 11.9. The normalized spacial score (nSPS) is 18.9. The number of rotatable bonds is 9. The molecule has 4 rings (SSSR count). The van der Waals surface area contributed by atoms with E-state index in [1.165, 1.54) is 7.11 Å². The summed E-state index contributed by atoms with van der Waals surface area (Å²) in [5.41, 5.74) is 3.61. The van der Waals surface area contributed by atoms with Crippen molar-refractivity contribution in [3.05, 3.63) is 35.7 Å². The average molecular weight is 471 g/mol. The number of carbonyl (C=O) groups is 2. The number of aryl methyl sites for hydroxylation is 2. The molecule has 2 N–H and O–H groups in total. The van der Waals surface area contributed by atoms with Gasteiger partial charge in [0.1, 0.15) is 6.10 Å². The van der Waals surface area contributed by atoms with Crippen LogP contribution in [0.3, 0.4) is 0 Å². The zero-order valence-corrected chi connectivity index (χ0v) is 20.1. The Morgan fingerprint density at radius 3 is 2.85 bits per heavy atom. The molecule has 1 saturated carbocycles. The Kier molecular flexibility index (Phi) is 7.79. The van der Waals surface area contributed by atoms with Crippen LogP contribution in [0.1, 0.15) is 43.5 Å². The summed E-state index contributed by atoms with van der Waals surface area (Å²) in [4.78, 5) is 31.3. The molecule has 2 aromatic rings. The number of nitrogens with one attached hydrogen (secondary N) is 2. The number of hydrogen-bond donors (Lipinski definition) is 2. The Hall–Kier alpha value is -2.98. The minimum atomic E-state index is -0.457. The largest absolute Gasteiger partial charge is 0.453 e. The van der Waals surface area contributed by atoms with Crippen LogP contribution in [-0.2, 0) is 20.8 Å². The van der Waals surface area contributed by atoms with Gasteiger partial charge in [0, 0.05) is 38.4 Å². The summed E-state index contributed by atoms with van der Waals surface area (Å²) >= 11 is 0. The number of hydrogen-bond acceptors (Lipinski definition) is 7. The molecule has 0 radical (unpaired) electrons. The lowest BCUT2D eigenvalue weighted by molar-refractivity contribution is -0.148. The topological polar surface area (TPSA) is 111 Å². The molecule has 34 heavy (non-hydrogen) atoms. The van der Waals surface area contributed by atoms with Crippen LogP contribution in [0.25, 0.3) is 11.4 Å². The van der Waals surface area contributed by atoms with Crippen molar-refractivity contribution in [1.29, 1.82) is 0 Å². The average Bonchev–Trinajstić information content (AvgIpc) is 3.60. The quantitative estimate of drug-likeness (QED) is 0.540. The van der Waals surface area contributed by atoms with Crippen molar-refractivity contribution < 1.29 is 19.1 Å². The molecule has 2 atom stereocenters. The van der Waals surface area contributed by atoms with Crippen LogP contribution < -0.4 is 10.6 Å². The third-order valence-electron chi connectivity index (χ3n) is 6.22. The van der Waals surface area contributed by atoms with Gasteiger partial charge in [-0.3, -0.25) is 14.5 Å². The van der Waals surface area contributed by atoms with Crippen LogP contribution in [0.4, 0.5) is 4.79 Å². The Labute approximate surface area is 200 Å². The minimum absolute atomic E-state index is 0.0223. The zero-order chi connectivity index (χ0) is 24.1. The predicted octanol–water partition coefficient (Wildman–Crippen LogP) is 2.04. The molecule has 1 saturated heterocycles. The van der Waals surface area contributed by atoms with Crippen molar-refractivity contribution in [1.82, 2.24) is 30.3 Å². The van der Waals surface area contributed by atoms with Gasteiger partial charge >= 0.3 is 6.09 Å². The first kappa shape index (κ1) is 24.2. The summed E-state index contributed by atoms with van der Waals surface area (Å²) in [6.45, 7) is 6.94. The molecule has 2 fully saturated rings. The fraction of sp³-hybridized carbons (Fsp3) is 0.583. The molecule has 2 aromatic heterocycles. The fourth-order valence-electron chi connectivity index (χ4n) is 4.20. The third-order valence-corrected chi connectivity index (χ3v) is 6.22. The lowest BCUT2D eigenvalue weighted by Gasteiger charge is -2.33. The molecule has 10 heteroatoms. The highest BCUT2D eigenvalue weighted by atomic mass is 16.5. The predicted molar refractivity (Wildman–Crippen MR) is 126 cm³/mol. The molecular weight excluding hydrogens is 436 g/mol. The van der Waals surface area contributed by atoms with E-state index in [0.29, 0.717) is 32.7 Å². The van der Waals surface area contributed by atoms with E-state index in [1.54, 1.807) is 0 Å². The Bertz CT molecular complexity index is 982. The summed E-state index contributed by atoms with van der Waals surface area (Å²) in [6.07, 6.45) is 3.61. The van der Waals surface area contributed by atoms with Crippen LogP contribution >= 0.6 is 0 Å². The summed E-state index contributed by atoms with van der Waals surface area (Å²) in [7, 11) is 1.35. The van der Waals surface area contributed by atoms with Crippen molar-refractivity contribution in [2.75, 3.05) is 33.4 Å². The number of aromatic nitrogens is 3. The molecule has 0 bridgehead atoms. The second kappa shape index (κ2) is 11.0. The lowest BCUT2D eigenvalue weighted by Crippen LogP contribution is -2.50. The number of morpholine rings is 1. The van der Waals surface area contributed by atoms with Crippen molar-refractivity contribution >= 4 is 12.0 Å². The van der Waals surface area contributed by atoms with Crippen molar-refractivity contribution in [2.24, 2.45) is 0 Å². The van der Waals surface area contributed by atoms with Crippen LogP contribution in [0.15, 0.2) is 24.4 Å². The third kappa shape index (κ3) is 5.74. The first-order chi connectivity index (χ1) is 16.5. The summed E-state index contributed by atoms with van der Waals surface area (Å²) < 4.78 is 12.3. The van der Waals surface area contributed by atoms with Gasteiger partial charge in [0.15, 0.2) is 0 Å². The van der Waals surface area contributed by atoms with Crippen LogP contribution in [0.5, 0.6) is 0 Å². The lowest BCUT2D eigenvalue weighted by atomic mass is 10.1. The molecule has 2 amide bonds. The summed E-state index contributed by atoms with van der Waals surface area (Å²) in [5, 5.41) is 10.8. The minimum Gasteiger partial charge on any atom is -0.453 e. The van der Waals surface area contributed by atoms with E-state index in [4.69, 9.17) is 9.84 Å². The number of carbonyl (C=O) groups excluding carboxylic acids is 2. The van der Waals surface area contributed by atoms with E-state index in [9.17, 15) is 9.59 Å². The smallest absolute Gasteiger partial charge is 0.406 e. The molecule has 3 heterocycles. The highest BCUT2D eigenvalue weighted by Gasteiger charge is 2.40. The maximum absolute atomic E-state index is 13.4. The van der Waals surface area contributed by atoms with E-state index in [2.05, 4.69) is 20.4 Å². The van der Waals surface area contributed by atoms with Gasteiger partial charge in [0.05, 0.1) is 36.8 Å². The summed E-state index contributed by atoms with van der Waals surface area (Å²) in [5.74, 6) is 0.0223. The number of ether oxygens (including phenoxy) is 2. The van der Waals surface area contributed by atoms with Crippen molar-refractivity contribution in [3.63, 3.8) is 0 Å². The van der Waals surface area contributed by atoms with Crippen molar-refractivity contribution in [3.8, 4) is 11.4 Å². The number of amides is 2. The zero-order valence-electron chi connectivity index (χ0n) is 20.1. The molecule has 0 unspecified atom stereocenters. The number of pyridine rings is 1. The molecule has 0 aromatic carbocycles. The highest BCUT2D eigenvalue weighted by Crippen LogP contribution is 2.36. The van der Waals surface area contributed by atoms with Crippen LogP contribution in [0, 0.1) is 6.92 Å². The van der Waals surface area contributed by atoms with Gasteiger partial charge in [0.25, 0.3) is 5.91 Å². The molecule has 1 aliphatic heterocycles. The Morgan fingerprint density at radius 1 is 1.38 bits per heavy atom. The molecule has 0 spiro atoms. The summed E-state index contributed by atoms with van der Waals surface area (Å²) in [6, 6.07) is 6.07. The van der Waals surface area contributed by atoms with E-state index in [1.807, 2.05) is 47.8 Å². The van der Waals surface area contributed by atoms with E-state index in [-0.39, 0.29) is 18.0 Å². The van der Waals surface area contributed by atoms with Gasteiger partial charge in [-0.05, 0) is 50.8 Å². The second-order valence-corrected chi connectivity index (χ2v) is 8.89. The second-order valence-electron chi connectivity index (χ2n) is 8.89. The number of nitrogens with zero attached hydrogens (tertiary/aromatic N) is 4. The van der Waals surface area contributed by atoms with Crippen LogP contribution in [-0.4, -0.2) is 77.2 Å². The monoisotopic (exact) mass is 470 g/mol. The molecule has 10 nitrogen and oxygen atoms in total. The Morgan fingerprint density at radius 2 is 2.21 bits per heavy atom. The first-order valence-corrected chi connectivity index (χ1v) is 11.9. The van der Waals surface area contributed by atoms with Gasteiger partial charge < -0.3 is 25.0 Å². The van der Waals surface area contributed by atoms with Crippen LogP contribution in [0.2, 0.25) is 0 Å². The van der Waals surface area contributed by atoms with Gasteiger partial charge in [-0.2, -0.15) is 5.10 Å². The molecule has 184 valence electrons.